The van der Waals surface area contributed by atoms with Gasteiger partial charge in [0, 0.05) is 30.8 Å². The van der Waals surface area contributed by atoms with Crippen LogP contribution >= 0.6 is 12.6 Å². The van der Waals surface area contributed by atoms with Crippen molar-refractivity contribution in [1.82, 2.24) is 10.6 Å². The van der Waals surface area contributed by atoms with E-state index in [0.29, 0.717) is 18.7 Å². The van der Waals surface area contributed by atoms with Crippen LogP contribution in [-0.4, -0.2) is 36.5 Å². The van der Waals surface area contributed by atoms with Gasteiger partial charge >= 0.3 is 0 Å². The lowest BCUT2D eigenvalue weighted by Gasteiger charge is -2.38. The highest BCUT2D eigenvalue weighted by atomic mass is 32.1. The molecule has 186 valence electrons. The average molecular weight is 493 g/mol. The van der Waals surface area contributed by atoms with Crippen LogP contribution in [0.5, 0.6) is 5.75 Å². The Morgan fingerprint density at radius 2 is 1.88 bits per heavy atom. The van der Waals surface area contributed by atoms with Crippen molar-refractivity contribution >= 4 is 18.5 Å². The summed E-state index contributed by atoms with van der Waals surface area (Å²) < 4.78 is 39.4. The lowest BCUT2D eigenvalue weighted by atomic mass is 9.86. The van der Waals surface area contributed by atoms with E-state index in [0.717, 1.165) is 22.9 Å². The van der Waals surface area contributed by atoms with Crippen LogP contribution in [0.1, 0.15) is 57.4 Å². The zero-order chi connectivity index (χ0) is 25.0. The molecule has 2 aromatic carbocycles. The van der Waals surface area contributed by atoms with Crippen molar-refractivity contribution in [2.75, 3.05) is 13.2 Å². The van der Waals surface area contributed by atoms with Gasteiger partial charge in [-0.05, 0) is 75.1 Å². The van der Waals surface area contributed by atoms with Crippen LogP contribution in [0.15, 0.2) is 36.4 Å². The number of rotatable bonds is 9. The maximum Gasteiger partial charge on any atom is 0.217 e. The molecule has 34 heavy (non-hydrogen) atoms. The second kappa shape index (κ2) is 11.1. The molecule has 0 saturated heterocycles. The number of ether oxygens (including phenoxy) is 2. The zero-order valence-corrected chi connectivity index (χ0v) is 21.2. The first-order valence-electron chi connectivity index (χ1n) is 11.5. The first-order valence-corrected chi connectivity index (χ1v) is 12.0. The molecule has 0 bridgehead atoms. The smallest absolute Gasteiger partial charge is 0.217 e. The molecule has 3 rings (SSSR count). The maximum absolute atomic E-state index is 13.7. The standard InChI is InChI=1S/C26H34F2N2O3S/c1-15(2)33-20-6-7-22-21(12-20)24(14-32-26(22,4)5)29-13-25(34)23(30-16(3)31)10-17-8-18(27)11-19(28)9-17/h6-9,11-12,15,23-25,29,34H,10,13-14H2,1-5H3,(H,30,31). The van der Waals surface area contributed by atoms with Gasteiger partial charge in [-0.25, -0.2) is 8.78 Å². The van der Waals surface area contributed by atoms with Gasteiger partial charge in [0.1, 0.15) is 17.4 Å². The predicted octanol–water partition coefficient (Wildman–Crippen LogP) is 4.69. The summed E-state index contributed by atoms with van der Waals surface area (Å²) in [5.41, 5.74) is 2.21. The molecule has 0 radical (unpaired) electrons. The number of hydrogen-bond donors (Lipinski definition) is 3. The summed E-state index contributed by atoms with van der Waals surface area (Å²) in [6.07, 6.45) is 0.312. The molecule has 0 aromatic heterocycles. The number of thiol groups is 1. The number of carbonyl (C=O) groups is 1. The van der Waals surface area contributed by atoms with Crippen LogP contribution in [-0.2, 0) is 21.6 Å². The average Bonchev–Trinajstić information content (AvgIpc) is 2.71. The molecule has 3 atom stereocenters. The summed E-state index contributed by atoms with van der Waals surface area (Å²) in [5.74, 6) is -0.735. The van der Waals surface area contributed by atoms with Gasteiger partial charge in [0.05, 0.1) is 24.4 Å². The molecule has 0 aliphatic carbocycles. The second-order valence-corrected chi connectivity index (χ2v) is 10.2. The fourth-order valence-corrected chi connectivity index (χ4v) is 4.57. The van der Waals surface area contributed by atoms with Gasteiger partial charge < -0.3 is 20.1 Å². The Morgan fingerprint density at radius 3 is 2.50 bits per heavy atom. The molecule has 2 aromatic rings. The van der Waals surface area contributed by atoms with Gasteiger partial charge in [0.2, 0.25) is 5.91 Å². The Bertz CT molecular complexity index is 995. The molecular formula is C26H34F2N2O3S. The SMILES string of the molecule is CC(=O)NC(Cc1cc(F)cc(F)c1)C(S)CNC1COC(C)(C)c2ccc(OC(C)C)cc21. The van der Waals surface area contributed by atoms with Gasteiger partial charge in [-0.1, -0.05) is 6.07 Å². The van der Waals surface area contributed by atoms with E-state index in [-0.39, 0.29) is 29.7 Å². The van der Waals surface area contributed by atoms with Crippen LogP contribution in [0.25, 0.3) is 0 Å². The number of fused-ring (bicyclic) bond motifs is 1. The van der Waals surface area contributed by atoms with Gasteiger partial charge in [0.15, 0.2) is 0 Å². The lowest BCUT2D eigenvalue weighted by molar-refractivity contribution is -0.119. The predicted molar refractivity (Wildman–Crippen MR) is 132 cm³/mol. The second-order valence-electron chi connectivity index (χ2n) is 9.55. The summed E-state index contributed by atoms with van der Waals surface area (Å²) >= 11 is 4.72. The van der Waals surface area contributed by atoms with E-state index >= 15 is 0 Å². The van der Waals surface area contributed by atoms with E-state index in [1.54, 1.807) is 0 Å². The minimum absolute atomic E-state index is 0.0604. The first-order chi connectivity index (χ1) is 15.9. The number of hydrogen-bond acceptors (Lipinski definition) is 5. The van der Waals surface area contributed by atoms with Crippen molar-refractivity contribution in [3.63, 3.8) is 0 Å². The van der Waals surface area contributed by atoms with E-state index in [4.69, 9.17) is 22.1 Å². The van der Waals surface area contributed by atoms with Crippen molar-refractivity contribution in [3.8, 4) is 5.75 Å². The van der Waals surface area contributed by atoms with E-state index in [9.17, 15) is 13.6 Å². The zero-order valence-electron chi connectivity index (χ0n) is 20.3. The third-order valence-electron chi connectivity index (χ3n) is 5.83. The molecule has 0 saturated carbocycles. The van der Waals surface area contributed by atoms with Crippen molar-refractivity contribution < 1.29 is 23.0 Å². The third-order valence-corrected chi connectivity index (χ3v) is 6.38. The fourth-order valence-electron chi connectivity index (χ4n) is 4.28. The Balaban J connectivity index is 1.76. The molecule has 5 nitrogen and oxygen atoms in total. The van der Waals surface area contributed by atoms with Crippen molar-refractivity contribution in [2.24, 2.45) is 0 Å². The molecule has 1 aliphatic heterocycles. The molecule has 3 unspecified atom stereocenters. The quantitative estimate of drug-likeness (QED) is 0.445. The summed E-state index contributed by atoms with van der Waals surface area (Å²) in [7, 11) is 0. The van der Waals surface area contributed by atoms with Gasteiger partial charge in [-0.15, -0.1) is 0 Å². The Morgan fingerprint density at radius 1 is 1.21 bits per heavy atom. The molecule has 0 spiro atoms. The number of halogens is 2. The minimum atomic E-state index is -0.650. The summed E-state index contributed by atoms with van der Waals surface area (Å²) in [6, 6.07) is 8.89. The summed E-state index contributed by atoms with van der Waals surface area (Å²) in [6.45, 7) is 10.4. The lowest BCUT2D eigenvalue weighted by Crippen LogP contribution is -2.47. The van der Waals surface area contributed by atoms with Gasteiger partial charge in [-0.3, -0.25) is 4.79 Å². The van der Waals surface area contributed by atoms with Crippen molar-refractivity contribution in [3.05, 3.63) is 64.7 Å². The third kappa shape index (κ3) is 6.93. The highest BCUT2D eigenvalue weighted by Gasteiger charge is 2.34. The molecule has 8 heteroatoms. The Kier molecular flexibility index (Phi) is 8.60. The summed E-state index contributed by atoms with van der Waals surface area (Å²) in [5, 5.41) is 6.05. The molecule has 0 fully saturated rings. The highest BCUT2D eigenvalue weighted by Crippen LogP contribution is 2.38. The first kappa shape index (κ1) is 26.4. The van der Waals surface area contributed by atoms with Crippen LogP contribution < -0.4 is 15.4 Å². The van der Waals surface area contributed by atoms with Gasteiger partial charge in [0.25, 0.3) is 0 Å². The number of benzene rings is 2. The van der Waals surface area contributed by atoms with Crippen molar-refractivity contribution in [1.29, 1.82) is 0 Å². The number of carbonyl (C=O) groups excluding carboxylic acids is 1. The maximum atomic E-state index is 13.7. The van der Waals surface area contributed by atoms with Crippen LogP contribution in [0.2, 0.25) is 0 Å². The molecule has 1 amide bonds. The van der Waals surface area contributed by atoms with E-state index in [2.05, 4.69) is 10.6 Å². The van der Waals surface area contributed by atoms with Crippen LogP contribution in [0.3, 0.4) is 0 Å². The summed E-state index contributed by atoms with van der Waals surface area (Å²) in [4.78, 5) is 11.8. The van der Waals surface area contributed by atoms with Crippen molar-refractivity contribution in [2.45, 2.75) is 70.1 Å². The monoisotopic (exact) mass is 492 g/mol. The largest absolute Gasteiger partial charge is 0.491 e. The molecular weight excluding hydrogens is 458 g/mol. The van der Waals surface area contributed by atoms with E-state index in [1.807, 2.05) is 45.9 Å². The van der Waals surface area contributed by atoms with Crippen LogP contribution in [0, 0.1) is 11.6 Å². The molecule has 1 heterocycles. The molecule has 1 aliphatic rings. The van der Waals surface area contributed by atoms with Gasteiger partial charge in [-0.2, -0.15) is 12.6 Å². The minimum Gasteiger partial charge on any atom is -0.491 e. The Hall–Kier alpha value is -2.16. The Labute approximate surface area is 206 Å². The number of nitrogens with one attached hydrogen (secondary N) is 2. The fraction of sp³-hybridized carbons (Fsp3) is 0.500. The normalized spacial score (nSPS) is 18.8. The van der Waals surface area contributed by atoms with E-state index < -0.39 is 23.3 Å². The highest BCUT2D eigenvalue weighted by molar-refractivity contribution is 7.81. The molecule has 2 N–H and O–H groups in total. The van der Waals surface area contributed by atoms with Crippen LogP contribution in [0.4, 0.5) is 8.78 Å². The topological polar surface area (TPSA) is 59.6 Å². The number of amides is 1. The van der Waals surface area contributed by atoms with E-state index in [1.165, 1.54) is 19.1 Å².